The second-order valence-corrected chi connectivity index (χ2v) is 9.02. The maximum Gasteiger partial charge on any atom is 0.225 e. The first-order chi connectivity index (χ1) is 16.0. The summed E-state index contributed by atoms with van der Waals surface area (Å²) in [7, 11) is 0. The first-order valence-electron chi connectivity index (χ1n) is 10.8. The number of benzene rings is 2. The van der Waals surface area contributed by atoms with Gasteiger partial charge in [0.15, 0.2) is 10.8 Å². The molecule has 0 bridgehead atoms. The molecule has 0 aliphatic carbocycles. The number of nitrogens with one attached hydrogen (secondary N) is 1. The molecule has 3 aromatic heterocycles. The van der Waals surface area contributed by atoms with Gasteiger partial charge in [-0.15, -0.1) is 10.2 Å². The fraction of sp³-hybridized carbons (Fsp3) is 0.200. The Kier molecular flexibility index (Phi) is 5.60. The fourth-order valence-electron chi connectivity index (χ4n) is 4.05. The first kappa shape index (κ1) is 21.2. The average Bonchev–Trinajstić information content (AvgIpc) is 3.35. The number of para-hydroxylation sites is 2. The Labute approximate surface area is 195 Å². The number of anilines is 1. The molecule has 7 nitrogen and oxygen atoms in total. The van der Waals surface area contributed by atoms with Crippen molar-refractivity contribution in [3.63, 3.8) is 0 Å². The van der Waals surface area contributed by atoms with Crippen molar-refractivity contribution < 1.29 is 4.79 Å². The van der Waals surface area contributed by atoms with Gasteiger partial charge in [0.1, 0.15) is 0 Å². The zero-order valence-corrected chi connectivity index (χ0v) is 19.6. The molecule has 5 rings (SSSR count). The predicted octanol–water partition coefficient (Wildman–Crippen LogP) is 5.11. The Morgan fingerprint density at radius 3 is 2.58 bits per heavy atom. The highest BCUT2D eigenvalue weighted by molar-refractivity contribution is 7.99. The van der Waals surface area contributed by atoms with Crippen molar-refractivity contribution >= 4 is 39.9 Å². The number of amides is 1. The van der Waals surface area contributed by atoms with E-state index in [-0.39, 0.29) is 5.91 Å². The van der Waals surface area contributed by atoms with Gasteiger partial charge in [-0.3, -0.25) is 9.20 Å². The zero-order valence-electron chi connectivity index (χ0n) is 18.7. The lowest BCUT2D eigenvalue weighted by Crippen LogP contribution is -2.13. The van der Waals surface area contributed by atoms with Gasteiger partial charge in [-0.05, 0) is 50.6 Å². The van der Waals surface area contributed by atoms with Crippen molar-refractivity contribution in [3.8, 4) is 5.69 Å². The van der Waals surface area contributed by atoms with Gasteiger partial charge in [-0.1, -0.05) is 48.2 Å². The number of nitrogens with zero attached hydrogens (tertiary/aromatic N) is 5. The van der Waals surface area contributed by atoms with E-state index in [1.165, 1.54) is 22.7 Å². The second kappa shape index (κ2) is 8.71. The Bertz CT molecular complexity index is 1470. The molecule has 0 aliphatic rings. The van der Waals surface area contributed by atoms with Crippen molar-refractivity contribution in [3.05, 3.63) is 77.6 Å². The van der Waals surface area contributed by atoms with Crippen molar-refractivity contribution in [2.75, 3.05) is 11.1 Å². The summed E-state index contributed by atoms with van der Waals surface area (Å²) in [6.45, 7) is 5.96. The van der Waals surface area contributed by atoms with Crippen LogP contribution < -0.4 is 5.32 Å². The van der Waals surface area contributed by atoms with Gasteiger partial charge in [0.2, 0.25) is 5.91 Å². The van der Waals surface area contributed by atoms with E-state index in [4.69, 9.17) is 0 Å². The van der Waals surface area contributed by atoms with E-state index in [0.29, 0.717) is 12.2 Å². The third-order valence-corrected chi connectivity index (χ3v) is 6.62. The topological polar surface area (TPSA) is 77.1 Å². The monoisotopic (exact) mass is 456 g/mol. The number of fused-ring (bicyclic) bond motifs is 3. The summed E-state index contributed by atoms with van der Waals surface area (Å²) < 4.78 is 3.91. The highest BCUT2D eigenvalue weighted by Gasteiger charge is 2.16. The molecule has 0 saturated heterocycles. The summed E-state index contributed by atoms with van der Waals surface area (Å²) in [5.74, 6) is 0.551. The number of aromatic nitrogens is 5. The van der Waals surface area contributed by atoms with E-state index in [2.05, 4.69) is 44.1 Å². The zero-order chi connectivity index (χ0) is 22.9. The fourth-order valence-corrected chi connectivity index (χ4v) is 4.94. The summed E-state index contributed by atoms with van der Waals surface area (Å²) in [5.41, 5.74) is 6.50. The van der Waals surface area contributed by atoms with E-state index >= 15 is 0 Å². The van der Waals surface area contributed by atoms with Crippen LogP contribution in [0.2, 0.25) is 0 Å². The second-order valence-electron chi connectivity index (χ2n) is 7.96. The molecule has 0 saturated carbocycles. The van der Waals surface area contributed by atoms with Crippen LogP contribution >= 0.6 is 11.8 Å². The summed E-state index contributed by atoms with van der Waals surface area (Å²) >= 11 is 1.53. The van der Waals surface area contributed by atoms with Gasteiger partial charge in [0.05, 0.1) is 28.3 Å². The quantitative estimate of drug-likeness (QED) is 0.359. The number of aryl methyl sites for hydroxylation is 2. The van der Waals surface area contributed by atoms with Gasteiger partial charge < -0.3 is 5.32 Å². The van der Waals surface area contributed by atoms with Crippen LogP contribution in [0.1, 0.15) is 23.4 Å². The lowest BCUT2D eigenvalue weighted by Gasteiger charge is -2.08. The third kappa shape index (κ3) is 3.98. The van der Waals surface area contributed by atoms with Crippen LogP contribution in [-0.4, -0.2) is 36.0 Å². The van der Waals surface area contributed by atoms with Crippen LogP contribution in [-0.2, 0) is 4.79 Å². The largest absolute Gasteiger partial charge is 0.323 e. The number of hydrogen-bond donors (Lipinski definition) is 1. The average molecular weight is 457 g/mol. The van der Waals surface area contributed by atoms with Crippen molar-refractivity contribution in [2.24, 2.45) is 0 Å². The van der Waals surface area contributed by atoms with E-state index in [0.717, 1.165) is 39.1 Å². The molecule has 0 fully saturated rings. The molecule has 8 heteroatoms. The number of rotatable bonds is 6. The lowest BCUT2D eigenvalue weighted by molar-refractivity contribution is -0.115. The molecule has 0 radical (unpaired) electrons. The number of hydrogen-bond acceptors (Lipinski definition) is 5. The van der Waals surface area contributed by atoms with Crippen LogP contribution in [0.15, 0.2) is 65.8 Å². The molecular formula is C25H24N6OS. The van der Waals surface area contributed by atoms with Crippen LogP contribution in [0.4, 0.5) is 5.69 Å². The number of thioether (sulfide) groups is 1. The minimum absolute atomic E-state index is 0.0455. The minimum atomic E-state index is -0.0455. The van der Waals surface area contributed by atoms with E-state index in [1.807, 2.05) is 67.1 Å². The smallest absolute Gasteiger partial charge is 0.225 e. The normalized spacial score (nSPS) is 11.4. The first-order valence-corrected chi connectivity index (χ1v) is 11.8. The Hall–Kier alpha value is -3.65. The Morgan fingerprint density at radius 2 is 1.76 bits per heavy atom. The van der Waals surface area contributed by atoms with Crippen LogP contribution in [0.5, 0.6) is 0 Å². The van der Waals surface area contributed by atoms with Crippen molar-refractivity contribution in [1.29, 1.82) is 0 Å². The SMILES string of the molecule is Cc1nn(-c2ccccc2)c(C)c1NC(=O)CCSc1nnc2cc(C)c3ccccc3n12. The molecule has 5 aromatic rings. The highest BCUT2D eigenvalue weighted by Crippen LogP contribution is 2.27. The molecule has 3 heterocycles. The molecule has 2 aromatic carbocycles. The van der Waals surface area contributed by atoms with Crippen LogP contribution in [0.25, 0.3) is 22.2 Å². The lowest BCUT2D eigenvalue weighted by atomic mass is 10.1. The van der Waals surface area contributed by atoms with Gasteiger partial charge >= 0.3 is 0 Å². The van der Waals surface area contributed by atoms with E-state index in [9.17, 15) is 4.79 Å². The molecular weight excluding hydrogens is 432 g/mol. The van der Waals surface area contributed by atoms with E-state index in [1.54, 1.807) is 0 Å². The molecule has 1 amide bonds. The predicted molar refractivity (Wildman–Crippen MR) is 132 cm³/mol. The van der Waals surface area contributed by atoms with Gasteiger partial charge in [-0.25, -0.2) is 4.68 Å². The summed E-state index contributed by atoms with van der Waals surface area (Å²) in [4.78, 5) is 12.7. The molecule has 33 heavy (non-hydrogen) atoms. The molecule has 166 valence electrons. The standard InChI is InChI=1S/C25H24N6OS/c1-16-15-22-27-28-25(30(22)21-12-8-7-11-20(16)21)33-14-13-23(32)26-24-17(2)29-31(18(24)3)19-9-5-4-6-10-19/h4-12,15H,13-14H2,1-3H3,(H,26,32). The summed E-state index contributed by atoms with van der Waals surface area (Å²) in [6, 6.07) is 20.2. The number of pyridine rings is 1. The van der Waals surface area contributed by atoms with Gasteiger partial charge in [0, 0.05) is 17.6 Å². The molecule has 0 spiro atoms. The molecule has 1 N–H and O–H groups in total. The van der Waals surface area contributed by atoms with Crippen LogP contribution in [0.3, 0.4) is 0 Å². The van der Waals surface area contributed by atoms with E-state index < -0.39 is 0 Å². The molecule has 0 unspecified atom stereocenters. The number of carbonyl (C=O) groups is 1. The summed E-state index contributed by atoms with van der Waals surface area (Å²) in [6.07, 6.45) is 0.360. The maximum atomic E-state index is 12.7. The maximum absolute atomic E-state index is 12.7. The molecule has 0 atom stereocenters. The molecule has 0 aliphatic heterocycles. The van der Waals surface area contributed by atoms with Crippen molar-refractivity contribution in [1.82, 2.24) is 24.4 Å². The summed E-state index contributed by atoms with van der Waals surface area (Å²) in [5, 5.41) is 18.3. The van der Waals surface area contributed by atoms with Crippen LogP contribution in [0, 0.1) is 20.8 Å². The Balaban J connectivity index is 1.29. The third-order valence-electron chi connectivity index (χ3n) is 5.69. The number of carbonyl (C=O) groups excluding carboxylic acids is 1. The van der Waals surface area contributed by atoms with Crippen molar-refractivity contribution in [2.45, 2.75) is 32.3 Å². The minimum Gasteiger partial charge on any atom is -0.323 e. The Morgan fingerprint density at radius 1 is 1.00 bits per heavy atom. The van der Waals surface area contributed by atoms with Gasteiger partial charge in [0.25, 0.3) is 0 Å². The highest BCUT2D eigenvalue weighted by atomic mass is 32.2. The van der Waals surface area contributed by atoms with Gasteiger partial charge in [-0.2, -0.15) is 5.10 Å².